The third-order valence-electron chi connectivity index (χ3n) is 3.90. The quantitative estimate of drug-likeness (QED) is 0.780. The van der Waals surface area contributed by atoms with Crippen LogP contribution in [0.1, 0.15) is 25.7 Å². The van der Waals surface area contributed by atoms with Crippen molar-refractivity contribution in [3.05, 3.63) is 34.7 Å². The molecule has 5 nitrogen and oxygen atoms in total. The summed E-state index contributed by atoms with van der Waals surface area (Å²) in [6.45, 7) is 0. The van der Waals surface area contributed by atoms with E-state index in [-0.39, 0.29) is 23.5 Å². The highest BCUT2D eigenvalue weighted by atomic mass is 16.5. The van der Waals surface area contributed by atoms with Gasteiger partial charge in [-0.25, -0.2) is 0 Å². The number of benzene rings is 1. The van der Waals surface area contributed by atoms with Crippen molar-refractivity contribution < 1.29 is 9.84 Å². The van der Waals surface area contributed by atoms with Gasteiger partial charge >= 0.3 is 0 Å². The molecule has 0 bridgehead atoms. The minimum absolute atomic E-state index is 0.0310. The van der Waals surface area contributed by atoms with Crippen molar-refractivity contribution in [1.82, 2.24) is 4.98 Å². The van der Waals surface area contributed by atoms with Crippen molar-refractivity contribution in [2.24, 2.45) is 5.73 Å². The first-order valence-corrected chi connectivity index (χ1v) is 6.91. The molecule has 1 fully saturated rings. The monoisotopic (exact) mass is 274 g/mol. The number of hydrogen-bond donors (Lipinski definition) is 3. The van der Waals surface area contributed by atoms with Crippen LogP contribution in [-0.2, 0) is 0 Å². The molecule has 0 saturated heterocycles. The Balaban J connectivity index is 1.89. The van der Waals surface area contributed by atoms with Gasteiger partial charge in [-0.2, -0.15) is 0 Å². The number of ether oxygens (including phenoxy) is 1. The first kappa shape index (κ1) is 13.0. The lowest BCUT2D eigenvalue weighted by Gasteiger charge is -2.27. The molecule has 0 unspecified atom stereocenters. The van der Waals surface area contributed by atoms with Crippen molar-refractivity contribution in [2.45, 2.75) is 37.8 Å². The molecule has 0 amide bonds. The van der Waals surface area contributed by atoms with Crippen molar-refractivity contribution in [1.29, 1.82) is 0 Å². The number of rotatable bonds is 2. The van der Waals surface area contributed by atoms with Crippen LogP contribution in [0, 0.1) is 0 Å². The second-order valence-electron chi connectivity index (χ2n) is 5.33. The summed E-state index contributed by atoms with van der Waals surface area (Å²) in [6, 6.07) is 5.27. The zero-order valence-electron chi connectivity index (χ0n) is 11.1. The number of aromatic nitrogens is 1. The van der Waals surface area contributed by atoms with E-state index in [2.05, 4.69) is 4.98 Å². The summed E-state index contributed by atoms with van der Waals surface area (Å²) in [5.41, 5.74) is 5.65. The summed E-state index contributed by atoms with van der Waals surface area (Å²) < 4.78 is 5.86. The van der Waals surface area contributed by atoms with Gasteiger partial charge in [-0.1, -0.05) is 0 Å². The standard InChI is InChI=1S/C15H18N2O3/c16-9-1-3-10(4-2-9)20-13-6-5-12-11(14(13)18)7-8-17-15(12)19/h5-10,18H,1-4,16H2,(H,17,19). The Bertz CT molecular complexity index is 672. The molecule has 3 rings (SSSR count). The third kappa shape index (κ3) is 2.36. The molecule has 5 heteroatoms. The number of nitrogens with one attached hydrogen (secondary N) is 1. The van der Waals surface area contributed by atoms with Crippen LogP contribution in [0.2, 0.25) is 0 Å². The molecule has 1 aromatic carbocycles. The maximum Gasteiger partial charge on any atom is 0.255 e. The van der Waals surface area contributed by atoms with Crippen LogP contribution in [0.15, 0.2) is 29.2 Å². The van der Waals surface area contributed by atoms with Gasteiger partial charge in [0.1, 0.15) is 0 Å². The molecular formula is C15H18N2O3. The predicted octanol–water partition coefficient (Wildman–Crippen LogP) is 1.88. The molecule has 1 aromatic heterocycles. The Kier molecular flexibility index (Phi) is 3.36. The molecule has 1 aliphatic carbocycles. The zero-order chi connectivity index (χ0) is 14.1. The number of nitrogens with two attached hydrogens (primary N) is 1. The summed E-state index contributed by atoms with van der Waals surface area (Å²) in [5.74, 6) is 0.465. The second-order valence-corrected chi connectivity index (χ2v) is 5.33. The molecule has 1 heterocycles. The highest BCUT2D eigenvalue weighted by molar-refractivity contribution is 5.89. The van der Waals surface area contributed by atoms with E-state index in [1.165, 1.54) is 6.20 Å². The van der Waals surface area contributed by atoms with Gasteiger partial charge in [0.15, 0.2) is 11.5 Å². The summed E-state index contributed by atoms with van der Waals surface area (Å²) in [7, 11) is 0. The van der Waals surface area contributed by atoms with Crippen molar-refractivity contribution >= 4 is 10.8 Å². The highest BCUT2D eigenvalue weighted by Gasteiger charge is 2.21. The van der Waals surface area contributed by atoms with Crippen LogP contribution in [0.25, 0.3) is 10.8 Å². The number of aromatic hydroxyl groups is 1. The SMILES string of the molecule is NC1CCC(Oc2ccc3c(=O)[nH]ccc3c2O)CC1. The van der Waals surface area contributed by atoms with Crippen LogP contribution >= 0.6 is 0 Å². The molecule has 0 aliphatic heterocycles. The second kappa shape index (κ2) is 5.17. The number of phenolic OH excluding ortho intramolecular Hbond substituents is 1. The Morgan fingerprint density at radius 2 is 1.90 bits per heavy atom. The maximum absolute atomic E-state index is 11.6. The normalized spacial score (nSPS) is 22.9. The summed E-state index contributed by atoms with van der Waals surface area (Å²) in [4.78, 5) is 14.2. The van der Waals surface area contributed by atoms with E-state index >= 15 is 0 Å². The Morgan fingerprint density at radius 3 is 2.65 bits per heavy atom. The summed E-state index contributed by atoms with van der Waals surface area (Å²) >= 11 is 0. The molecule has 0 atom stereocenters. The Hall–Kier alpha value is -2.01. The highest BCUT2D eigenvalue weighted by Crippen LogP contribution is 2.35. The molecule has 0 radical (unpaired) electrons. The molecule has 106 valence electrons. The molecule has 0 spiro atoms. The Labute approximate surface area is 116 Å². The van der Waals surface area contributed by atoms with E-state index in [9.17, 15) is 9.90 Å². The fraction of sp³-hybridized carbons (Fsp3) is 0.400. The number of phenols is 1. The molecule has 20 heavy (non-hydrogen) atoms. The zero-order valence-corrected chi connectivity index (χ0v) is 11.1. The average Bonchev–Trinajstić information content (AvgIpc) is 2.45. The fourth-order valence-corrected chi connectivity index (χ4v) is 2.71. The Morgan fingerprint density at radius 1 is 1.15 bits per heavy atom. The maximum atomic E-state index is 11.6. The number of hydrogen-bond acceptors (Lipinski definition) is 4. The number of H-pyrrole nitrogens is 1. The van der Waals surface area contributed by atoms with Gasteiger partial charge in [-0.3, -0.25) is 4.79 Å². The van der Waals surface area contributed by atoms with Crippen LogP contribution < -0.4 is 16.0 Å². The van der Waals surface area contributed by atoms with Gasteiger partial charge in [0.25, 0.3) is 5.56 Å². The third-order valence-corrected chi connectivity index (χ3v) is 3.90. The minimum atomic E-state index is -0.215. The predicted molar refractivity (Wildman–Crippen MR) is 77.1 cm³/mol. The smallest absolute Gasteiger partial charge is 0.255 e. The van der Waals surface area contributed by atoms with Crippen molar-refractivity contribution in [3.8, 4) is 11.5 Å². The number of pyridine rings is 1. The molecule has 1 aliphatic rings. The topological polar surface area (TPSA) is 88.3 Å². The minimum Gasteiger partial charge on any atom is -0.504 e. The lowest BCUT2D eigenvalue weighted by Crippen LogP contribution is -2.31. The van der Waals surface area contributed by atoms with Crippen LogP contribution in [0.5, 0.6) is 11.5 Å². The lowest BCUT2D eigenvalue weighted by atomic mass is 9.93. The first-order chi connectivity index (χ1) is 9.65. The van der Waals surface area contributed by atoms with Crippen LogP contribution in [0.3, 0.4) is 0 Å². The van der Waals surface area contributed by atoms with E-state index in [1.807, 2.05) is 0 Å². The van der Waals surface area contributed by atoms with E-state index < -0.39 is 0 Å². The van der Waals surface area contributed by atoms with Gasteiger partial charge in [0.2, 0.25) is 0 Å². The summed E-state index contributed by atoms with van der Waals surface area (Å²) in [5, 5.41) is 11.2. The lowest BCUT2D eigenvalue weighted by molar-refractivity contribution is 0.143. The van der Waals surface area contributed by atoms with E-state index in [4.69, 9.17) is 10.5 Å². The number of fused-ring (bicyclic) bond motifs is 1. The van der Waals surface area contributed by atoms with E-state index in [0.29, 0.717) is 16.5 Å². The van der Waals surface area contributed by atoms with Crippen molar-refractivity contribution in [2.75, 3.05) is 0 Å². The van der Waals surface area contributed by atoms with Crippen LogP contribution in [0.4, 0.5) is 0 Å². The van der Waals surface area contributed by atoms with E-state index in [0.717, 1.165) is 25.7 Å². The molecule has 1 saturated carbocycles. The molecular weight excluding hydrogens is 256 g/mol. The first-order valence-electron chi connectivity index (χ1n) is 6.91. The van der Waals surface area contributed by atoms with Gasteiger partial charge < -0.3 is 20.6 Å². The number of aromatic amines is 1. The van der Waals surface area contributed by atoms with Gasteiger partial charge in [-0.05, 0) is 43.9 Å². The van der Waals surface area contributed by atoms with E-state index in [1.54, 1.807) is 18.2 Å². The van der Waals surface area contributed by atoms with Gasteiger partial charge in [0.05, 0.1) is 11.5 Å². The molecule has 2 aromatic rings. The molecule has 4 N–H and O–H groups in total. The van der Waals surface area contributed by atoms with Gasteiger partial charge in [0, 0.05) is 17.6 Å². The summed E-state index contributed by atoms with van der Waals surface area (Å²) in [6.07, 6.45) is 5.29. The van der Waals surface area contributed by atoms with Gasteiger partial charge in [-0.15, -0.1) is 0 Å². The largest absolute Gasteiger partial charge is 0.504 e. The van der Waals surface area contributed by atoms with Crippen LogP contribution in [-0.4, -0.2) is 22.2 Å². The average molecular weight is 274 g/mol. The van der Waals surface area contributed by atoms with Crippen molar-refractivity contribution in [3.63, 3.8) is 0 Å². The fourth-order valence-electron chi connectivity index (χ4n) is 2.71.